The summed E-state index contributed by atoms with van der Waals surface area (Å²) in [4.78, 5) is 8.54. The molecule has 0 saturated heterocycles. The molecule has 1 heterocycles. The third-order valence-electron chi connectivity index (χ3n) is 3.98. The van der Waals surface area contributed by atoms with Gasteiger partial charge in [-0.3, -0.25) is 0 Å². The van der Waals surface area contributed by atoms with Crippen LogP contribution in [0.15, 0.2) is 59.8 Å². The molecule has 0 aliphatic carbocycles. The summed E-state index contributed by atoms with van der Waals surface area (Å²) in [6.07, 6.45) is 1.40. The van der Waals surface area contributed by atoms with Gasteiger partial charge in [-0.1, -0.05) is 6.07 Å². The Morgan fingerprint density at radius 2 is 1.45 bits per heavy atom. The smallest absolute Gasteiger partial charge is 0.240 e. The minimum Gasteiger partial charge on any atom is -0.497 e. The molecule has 0 spiro atoms. The molecule has 0 fully saturated rings. The topological polar surface area (TPSA) is 114 Å². The van der Waals surface area contributed by atoms with Gasteiger partial charge in [0.15, 0.2) is 0 Å². The molecule has 9 nitrogen and oxygen atoms in total. The number of rotatable bonds is 8. The average molecular weight is 415 g/mol. The molecule has 3 N–H and O–H groups in total. The fraction of sp³-hybridized carbons (Fsp3) is 0.158. The highest BCUT2D eigenvalue weighted by molar-refractivity contribution is 7.89. The van der Waals surface area contributed by atoms with Crippen LogP contribution in [0.1, 0.15) is 0 Å². The molecule has 0 aliphatic heterocycles. The lowest BCUT2D eigenvalue weighted by molar-refractivity contribution is 0.395. The van der Waals surface area contributed by atoms with Crippen molar-refractivity contribution in [3.8, 4) is 11.5 Å². The van der Waals surface area contributed by atoms with Gasteiger partial charge >= 0.3 is 0 Å². The van der Waals surface area contributed by atoms with Crippen LogP contribution in [0.4, 0.5) is 23.0 Å². The van der Waals surface area contributed by atoms with E-state index in [0.29, 0.717) is 28.8 Å². The second-order valence-corrected chi connectivity index (χ2v) is 7.76. The summed E-state index contributed by atoms with van der Waals surface area (Å²) in [5.41, 5.74) is 1.31. The van der Waals surface area contributed by atoms with Gasteiger partial charge in [0.25, 0.3) is 0 Å². The first kappa shape index (κ1) is 20.4. The summed E-state index contributed by atoms with van der Waals surface area (Å²) in [7, 11) is 0.987. The van der Waals surface area contributed by atoms with Crippen LogP contribution in [-0.2, 0) is 10.0 Å². The van der Waals surface area contributed by atoms with E-state index in [1.165, 1.54) is 25.5 Å². The lowest BCUT2D eigenvalue weighted by atomic mass is 10.2. The maximum atomic E-state index is 12.0. The van der Waals surface area contributed by atoms with E-state index >= 15 is 0 Å². The first-order chi connectivity index (χ1) is 13.9. The van der Waals surface area contributed by atoms with E-state index in [1.54, 1.807) is 38.5 Å². The molecule has 1 aromatic heterocycles. The summed E-state index contributed by atoms with van der Waals surface area (Å²) in [6.45, 7) is 0. The summed E-state index contributed by atoms with van der Waals surface area (Å²) < 4.78 is 36.8. The summed E-state index contributed by atoms with van der Waals surface area (Å²) in [5, 5.41) is 6.25. The molecule has 3 rings (SSSR count). The first-order valence-corrected chi connectivity index (χ1v) is 10.0. The number of nitrogens with one attached hydrogen (secondary N) is 3. The van der Waals surface area contributed by atoms with Gasteiger partial charge in [0.2, 0.25) is 10.0 Å². The molecule has 10 heteroatoms. The molecule has 0 atom stereocenters. The van der Waals surface area contributed by atoms with Crippen molar-refractivity contribution >= 4 is 33.0 Å². The van der Waals surface area contributed by atoms with Crippen molar-refractivity contribution in [3.05, 3.63) is 54.9 Å². The minimum atomic E-state index is -3.53. The van der Waals surface area contributed by atoms with Gasteiger partial charge < -0.3 is 20.1 Å². The SMILES string of the molecule is CNS(=O)(=O)c1cccc(Nc2cc(Nc3cc(OC)cc(OC)c3)ncn2)c1. The predicted octanol–water partition coefficient (Wildman–Crippen LogP) is 2.89. The maximum absolute atomic E-state index is 12.0. The number of hydrogen-bond acceptors (Lipinski definition) is 8. The zero-order valence-electron chi connectivity index (χ0n) is 16.1. The number of methoxy groups -OCH3 is 2. The highest BCUT2D eigenvalue weighted by atomic mass is 32.2. The van der Waals surface area contributed by atoms with Crippen LogP contribution in [0.25, 0.3) is 0 Å². The summed E-state index contributed by atoms with van der Waals surface area (Å²) >= 11 is 0. The molecule has 2 aromatic carbocycles. The van der Waals surface area contributed by atoms with E-state index in [9.17, 15) is 8.42 Å². The van der Waals surface area contributed by atoms with Crippen molar-refractivity contribution in [2.75, 3.05) is 31.9 Å². The predicted molar refractivity (Wildman–Crippen MR) is 111 cm³/mol. The Morgan fingerprint density at radius 3 is 2.03 bits per heavy atom. The number of sulfonamides is 1. The largest absolute Gasteiger partial charge is 0.497 e. The van der Waals surface area contributed by atoms with Gasteiger partial charge in [-0.05, 0) is 25.2 Å². The molecule has 3 aromatic rings. The molecule has 0 bridgehead atoms. The van der Waals surface area contributed by atoms with Crippen molar-refractivity contribution in [3.63, 3.8) is 0 Å². The van der Waals surface area contributed by atoms with Crippen molar-refractivity contribution < 1.29 is 17.9 Å². The van der Waals surface area contributed by atoms with Crippen molar-refractivity contribution in [1.82, 2.24) is 14.7 Å². The van der Waals surface area contributed by atoms with Crippen LogP contribution in [0, 0.1) is 0 Å². The second kappa shape index (κ2) is 8.76. The molecule has 0 amide bonds. The average Bonchev–Trinajstić information content (AvgIpc) is 2.74. The number of hydrogen-bond donors (Lipinski definition) is 3. The lowest BCUT2D eigenvalue weighted by Crippen LogP contribution is -2.18. The van der Waals surface area contributed by atoms with E-state index in [-0.39, 0.29) is 4.90 Å². The fourth-order valence-corrected chi connectivity index (χ4v) is 3.30. The highest BCUT2D eigenvalue weighted by Crippen LogP contribution is 2.28. The number of ether oxygens (including phenoxy) is 2. The van der Waals surface area contributed by atoms with Crippen LogP contribution in [-0.4, -0.2) is 39.7 Å². The second-order valence-electron chi connectivity index (χ2n) is 5.88. The lowest BCUT2D eigenvalue weighted by Gasteiger charge is -2.12. The third kappa shape index (κ3) is 5.12. The van der Waals surface area contributed by atoms with Crippen molar-refractivity contribution in [1.29, 1.82) is 0 Å². The minimum absolute atomic E-state index is 0.154. The van der Waals surface area contributed by atoms with E-state index in [4.69, 9.17) is 9.47 Å². The zero-order valence-corrected chi connectivity index (χ0v) is 16.9. The summed E-state index contributed by atoms with van der Waals surface area (Å²) in [5.74, 6) is 2.32. The van der Waals surface area contributed by atoms with Crippen LogP contribution in [0.5, 0.6) is 11.5 Å². The van der Waals surface area contributed by atoms with E-state index in [2.05, 4.69) is 25.3 Å². The Kier molecular flexibility index (Phi) is 6.15. The van der Waals surface area contributed by atoms with Crippen molar-refractivity contribution in [2.24, 2.45) is 0 Å². The van der Waals surface area contributed by atoms with Crippen molar-refractivity contribution in [2.45, 2.75) is 4.90 Å². The molecule has 0 aliphatic rings. The Hall–Kier alpha value is -3.37. The molecule has 0 saturated carbocycles. The van der Waals surface area contributed by atoms with Gasteiger partial charge in [0.05, 0.1) is 19.1 Å². The standard InChI is InChI=1S/C19H21N5O4S/c1-20-29(25,26)17-6-4-5-13(9-17)23-18-11-19(22-12-21-18)24-14-7-15(27-2)10-16(8-14)28-3/h4-12,20H,1-3H3,(H2,21,22,23,24). The Bertz CT molecular complexity index is 1080. The van der Waals surface area contributed by atoms with E-state index in [0.717, 1.165) is 5.69 Å². The van der Waals surface area contributed by atoms with Gasteiger partial charge in [-0.2, -0.15) is 0 Å². The number of anilines is 4. The molecule has 0 unspecified atom stereocenters. The molecule has 29 heavy (non-hydrogen) atoms. The first-order valence-electron chi connectivity index (χ1n) is 8.56. The number of nitrogens with zero attached hydrogens (tertiary/aromatic N) is 2. The van der Waals surface area contributed by atoms with Gasteiger partial charge in [-0.25, -0.2) is 23.1 Å². The van der Waals surface area contributed by atoms with Crippen LogP contribution in [0.3, 0.4) is 0 Å². The fourth-order valence-electron chi connectivity index (χ4n) is 2.53. The summed E-state index contributed by atoms with van der Waals surface area (Å²) in [6, 6.07) is 13.5. The molecule has 0 radical (unpaired) electrons. The Balaban J connectivity index is 1.81. The van der Waals surface area contributed by atoms with Gasteiger partial charge in [0.1, 0.15) is 29.5 Å². The Labute approximate surface area is 169 Å². The quantitative estimate of drug-likeness (QED) is 0.515. The normalized spacial score (nSPS) is 11.0. The van der Waals surface area contributed by atoms with Crippen LogP contribution >= 0.6 is 0 Å². The Morgan fingerprint density at radius 1 is 0.828 bits per heavy atom. The van der Waals surface area contributed by atoms with Gasteiger partial charge in [-0.15, -0.1) is 0 Å². The molecule has 152 valence electrons. The number of aromatic nitrogens is 2. The van der Waals surface area contributed by atoms with Crippen LogP contribution in [0.2, 0.25) is 0 Å². The van der Waals surface area contributed by atoms with E-state index in [1.807, 2.05) is 12.1 Å². The third-order valence-corrected chi connectivity index (χ3v) is 5.39. The van der Waals surface area contributed by atoms with Crippen LogP contribution < -0.4 is 24.8 Å². The monoisotopic (exact) mass is 415 g/mol. The molecular formula is C19H21N5O4S. The maximum Gasteiger partial charge on any atom is 0.240 e. The van der Waals surface area contributed by atoms with E-state index < -0.39 is 10.0 Å². The van der Waals surface area contributed by atoms with Gasteiger partial charge in [0, 0.05) is 35.6 Å². The molecular weight excluding hydrogens is 394 g/mol. The highest BCUT2D eigenvalue weighted by Gasteiger charge is 2.12. The zero-order chi connectivity index (χ0) is 20.9. The number of benzene rings is 2.